The summed E-state index contributed by atoms with van der Waals surface area (Å²) in [4.78, 5) is 0. The van der Waals surface area contributed by atoms with Gasteiger partial charge in [-0.1, -0.05) is 12.1 Å². The van der Waals surface area contributed by atoms with E-state index in [-0.39, 0.29) is 33.6 Å². The third-order valence-electron chi connectivity index (χ3n) is 3.43. The van der Waals surface area contributed by atoms with E-state index in [0.29, 0.717) is 0 Å². The average Bonchev–Trinajstić information content (AvgIpc) is 3.24. The zero-order valence-corrected chi connectivity index (χ0v) is 19.6. The van der Waals surface area contributed by atoms with Crippen LogP contribution in [0.25, 0.3) is 21.5 Å². The van der Waals surface area contributed by atoms with Gasteiger partial charge in [0.2, 0.25) is 0 Å². The fourth-order valence-corrected chi connectivity index (χ4v) is 2.14. The Morgan fingerprint density at radius 1 is 0.720 bits per heavy atom. The van der Waals surface area contributed by atoms with Gasteiger partial charge in [-0.25, -0.2) is 0 Å². The molecule has 0 heterocycles. The van der Waals surface area contributed by atoms with Gasteiger partial charge in [0.25, 0.3) is 0 Å². The number of halogens is 2. The third kappa shape index (κ3) is 8.42. The van der Waals surface area contributed by atoms with E-state index in [2.05, 4.69) is 101 Å². The zero-order valence-electron chi connectivity index (χ0n) is 14.5. The number of rotatable bonds is 1. The first-order chi connectivity index (χ1) is 11.2. The third-order valence-corrected chi connectivity index (χ3v) is 9.01. The molecule has 0 nitrogen and oxygen atoms in total. The Kier molecular flexibility index (Phi) is 13.0. The summed E-state index contributed by atoms with van der Waals surface area (Å²) < 4.78 is 2.40. The molecule has 4 aromatic carbocycles. The first-order valence-electron chi connectivity index (χ1n) is 7.92. The molecule has 0 aliphatic rings. The average molecular weight is 465 g/mol. The zero-order chi connectivity index (χ0) is 16.5. The molecule has 4 heteroatoms. The molecule has 25 heavy (non-hydrogen) atoms. The summed E-state index contributed by atoms with van der Waals surface area (Å²) >= 11 is 1.60. The van der Waals surface area contributed by atoms with Crippen molar-refractivity contribution in [3.63, 3.8) is 0 Å². The van der Waals surface area contributed by atoms with Crippen molar-refractivity contribution in [3.8, 4) is 0 Å². The number of hydrogen-bond donors (Lipinski definition) is 0. The molecule has 0 aliphatic heterocycles. The first kappa shape index (κ1) is 24.2. The fourth-order valence-electron chi connectivity index (χ4n) is 2.14. The van der Waals surface area contributed by atoms with Crippen molar-refractivity contribution < 1.29 is 49.0 Å². The van der Waals surface area contributed by atoms with Gasteiger partial charge in [0.15, 0.2) is 0 Å². The van der Waals surface area contributed by atoms with Crippen LogP contribution in [0.5, 0.6) is 0 Å². The van der Waals surface area contributed by atoms with Crippen LogP contribution >= 0.6 is 0 Å². The summed E-state index contributed by atoms with van der Waals surface area (Å²) in [5.41, 5.74) is 0. The standard InChI is InChI=1S/2C9H7.C3H8Si.2ClH.Zr/c2*1-2-5-9-7-3-6-8(9)4-1;1-4(2)3;;;/h2*1-7H;1,4H,2-3H3;2*1H;/q2*-1;;;;+2/p-2. The number of benzene rings is 2. The van der Waals surface area contributed by atoms with Crippen LogP contribution in [-0.4, -0.2) is 12.1 Å². The van der Waals surface area contributed by atoms with Crippen LogP contribution in [0.1, 0.15) is 0 Å². The normalized spacial score (nSPS) is 9.16. The van der Waals surface area contributed by atoms with Crippen molar-refractivity contribution in [1.29, 1.82) is 0 Å². The Hall–Kier alpha value is -0.790. The van der Waals surface area contributed by atoms with E-state index < -0.39 is 0 Å². The van der Waals surface area contributed by atoms with Crippen molar-refractivity contribution in [3.05, 3.63) is 84.9 Å². The van der Waals surface area contributed by atoms with Gasteiger partial charge < -0.3 is 24.8 Å². The quantitative estimate of drug-likeness (QED) is 0.263. The van der Waals surface area contributed by atoms with Gasteiger partial charge in [-0.3, -0.25) is 0 Å². The molecule has 4 rings (SSSR count). The van der Waals surface area contributed by atoms with Crippen molar-refractivity contribution in [2.24, 2.45) is 0 Å². The SMILES string of the molecule is C[SiH](C)[CH]=[Zr+2].[Cl-].[Cl-].c1ccc2[cH-]ccc2c1.c1ccc2[cH-]ccc2c1. The second-order valence-electron chi connectivity index (χ2n) is 5.72. The van der Waals surface area contributed by atoms with Gasteiger partial charge in [-0.05, 0) is 0 Å². The van der Waals surface area contributed by atoms with Crippen LogP contribution in [-0.2, 0) is 24.2 Å². The Morgan fingerprint density at radius 3 is 1.40 bits per heavy atom. The largest absolute Gasteiger partial charge is 1.00 e. The molecule has 0 bridgehead atoms. The minimum atomic E-state index is -0.235. The fraction of sp³-hybridized carbons (Fsp3) is 0.0952. The summed E-state index contributed by atoms with van der Waals surface area (Å²) in [7, 11) is -0.235. The minimum absolute atomic E-state index is 0. The Morgan fingerprint density at radius 2 is 1.08 bits per heavy atom. The van der Waals surface area contributed by atoms with E-state index in [0.717, 1.165) is 0 Å². The molecule has 0 aromatic heterocycles. The molecule has 130 valence electrons. The summed E-state index contributed by atoms with van der Waals surface area (Å²) in [5, 5.41) is 5.32. The van der Waals surface area contributed by atoms with Crippen LogP contribution in [0.4, 0.5) is 0 Å². The van der Waals surface area contributed by atoms with E-state index in [9.17, 15) is 0 Å². The van der Waals surface area contributed by atoms with Crippen molar-refractivity contribution in [2.45, 2.75) is 13.1 Å². The monoisotopic (exact) mass is 462 g/mol. The van der Waals surface area contributed by atoms with Crippen molar-refractivity contribution in [2.75, 3.05) is 0 Å². The van der Waals surface area contributed by atoms with E-state index in [1.807, 2.05) is 0 Å². The summed E-state index contributed by atoms with van der Waals surface area (Å²) in [5.74, 6) is 0. The van der Waals surface area contributed by atoms with E-state index >= 15 is 0 Å². The van der Waals surface area contributed by atoms with Gasteiger partial charge in [0.1, 0.15) is 0 Å². The van der Waals surface area contributed by atoms with Crippen LogP contribution < -0.4 is 24.8 Å². The smallest absolute Gasteiger partial charge is 0.0809 e. The molecule has 0 atom stereocenters. The topological polar surface area (TPSA) is 0 Å². The molecule has 0 spiro atoms. The van der Waals surface area contributed by atoms with E-state index in [1.54, 1.807) is 24.2 Å². The van der Waals surface area contributed by atoms with Gasteiger partial charge in [0.05, 0.1) is 0 Å². The Labute approximate surface area is 179 Å². The Bertz CT molecular complexity index is 722. The second-order valence-corrected chi connectivity index (χ2v) is 11.0. The number of fused-ring (bicyclic) bond motifs is 2. The van der Waals surface area contributed by atoms with Crippen LogP contribution in [0.15, 0.2) is 84.9 Å². The first-order valence-corrected chi connectivity index (χ1v) is 12.3. The van der Waals surface area contributed by atoms with E-state index in [4.69, 9.17) is 0 Å². The summed E-state index contributed by atoms with van der Waals surface area (Å²) in [6, 6.07) is 29.3. The molecule has 0 aliphatic carbocycles. The van der Waals surface area contributed by atoms with Gasteiger partial charge >= 0.3 is 49.5 Å². The predicted molar refractivity (Wildman–Crippen MR) is 104 cm³/mol. The second kappa shape index (κ2) is 13.4. The van der Waals surface area contributed by atoms with Crippen LogP contribution in [0.3, 0.4) is 0 Å². The molecular formula is C21H22Cl2SiZr-2. The maximum atomic E-state index is 2.40. The molecule has 0 saturated carbocycles. The minimum Gasteiger partial charge on any atom is -1.00 e. The van der Waals surface area contributed by atoms with Crippen LogP contribution in [0, 0.1) is 0 Å². The Balaban J connectivity index is 0.000000348. The number of hydrogen-bond acceptors (Lipinski definition) is 0. The van der Waals surface area contributed by atoms with Crippen LogP contribution in [0.2, 0.25) is 13.1 Å². The maximum absolute atomic E-state index is 2.40. The summed E-state index contributed by atoms with van der Waals surface area (Å²) in [6.07, 6.45) is 0. The van der Waals surface area contributed by atoms with Crippen molar-refractivity contribution in [1.82, 2.24) is 0 Å². The molecule has 0 unspecified atom stereocenters. The summed E-state index contributed by atoms with van der Waals surface area (Å²) in [6.45, 7) is 4.66. The molecule has 0 N–H and O–H groups in total. The van der Waals surface area contributed by atoms with Gasteiger partial charge in [-0.15, -0.1) is 59.3 Å². The molecule has 0 fully saturated rings. The van der Waals surface area contributed by atoms with E-state index in [1.165, 1.54) is 21.5 Å². The molecule has 0 amide bonds. The maximum Gasteiger partial charge on any atom is -0.0809 e. The predicted octanol–water partition coefficient (Wildman–Crippen LogP) is -0.513. The molecule has 4 aromatic rings. The van der Waals surface area contributed by atoms with Gasteiger partial charge in [-0.2, -0.15) is 35.0 Å². The van der Waals surface area contributed by atoms with Gasteiger partial charge in [0, 0.05) is 0 Å². The molecule has 0 radical (unpaired) electrons. The van der Waals surface area contributed by atoms with Crippen molar-refractivity contribution >= 4 is 33.7 Å². The molecular weight excluding hydrogens is 442 g/mol. The molecule has 0 saturated heterocycles.